The fourth-order valence-electron chi connectivity index (χ4n) is 1.54. The van der Waals surface area contributed by atoms with Gasteiger partial charge in [0.1, 0.15) is 5.69 Å². The molecule has 0 aliphatic carbocycles. The molecule has 3 rings (SSSR count). The summed E-state index contributed by atoms with van der Waals surface area (Å²) in [5, 5.41) is 13.6. The maximum absolute atomic E-state index is 12.0. The lowest BCUT2D eigenvalue weighted by molar-refractivity contribution is 0.102. The highest BCUT2D eigenvalue weighted by Gasteiger charge is 2.12. The van der Waals surface area contributed by atoms with Gasteiger partial charge in [0.25, 0.3) is 5.91 Å². The Hall–Kier alpha value is -1.48. The SMILES string of the molecule is O=C(Nc1nnc(SCc2cccs2)s1)c1cc(Cl)ccn1. The summed E-state index contributed by atoms with van der Waals surface area (Å²) in [5.41, 5.74) is 0.246. The van der Waals surface area contributed by atoms with Gasteiger partial charge in [-0.15, -0.1) is 21.5 Å². The van der Waals surface area contributed by atoms with Crippen LogP contribution >= 0.6 is 46.0 Å². The van der Waals surface area contributed by atoms with Crippen LogP contribution in [-0.2, 0) is 5.75 Å². The van der Waals surface area contributed by atoms with E-state index in [1.807, 2.05) is 11.4 Å². The molecule has 3 heterocycles. The summed E-state index contributed by atoms with van der Waals surface area (Å²) >= 11 is 10.5. The summed E-state index contributed by atoms with van der Waals surface area (Å²) in [6.07, 6.45) is 1.49. The van der Waals surface area contributed by atoms with Gasteiger partial charge >= 0.3 is 0 Å². The first-order valence-corrected chi connectivity index (χ1v) is 9.18. The normalized spacial score (nSPS) is 10.6. The molecule has 0 radical (unpaired) electrons. The van der Waals surface area contributed by atoms with Crippen molar-refractivity contribution < 1.29 is 4.79 Å². The number of nitrogens with one attached hydrogen (secondary N) is 1. The zero-order valence-electron chi connectivity index (χ0n) is 11.0. The van der Waals surface area contributed by atoms with Gasteiger partial charge in [0.15, 0.2) is 4.34 Å². The number of thioether (sulfide) groups is 1. The molecule has 5 nitrogen and oxygen atoms in total. The van der Waals surface area contributed by atoms with E-state index in [0.29, 0.717) is 10.2 Å². The van der Waals surface area contributed by atoms with Gasteiger partial charge in [-0.1, -0.05) is 40.8 Å². The van der Waals surface area contributed by atoms with Crippen LogP contribution in [-0.4, -0.2) is 21.1 Å². The second kappa shape index (κ2) is 7.19. The molecular weight excluding hydrogens is 360 g/mol. The van der Waals surface area contributed by atoms with Crippen LogP contribution in [0.2, 0.25) is 5.02 Å². The third-order valence-electron chi connectivity index (χ3n) is 2.50. The number of hydrogen-bond acceptors (Lipinski definition) is 7. The van der Waals surface area contributed by atoms with Crippen molar-refractivity contribution in [2.75, 3.05) is 5.32 Å². The highest BCUT2D eigenvalue weighted by atomic mass is 35.5. The largest absolute Gasteiger partial charge is 0.295 e. The number of aromatic nitrogens is 3. The van der Waals surface area contributed by atoms with Crippen LogP contribution in [0.1, 0.15) is 15.4 Å². The number of hydrogen-bond donors (Lipinski definition) is 1. The van der Waals surface area contributed by atoms with E-state index >= 15 is 0 Å². The molecule has 1 amide bonds. The molecule has 1 N–H and O–H groups in total. The third-order valence-corrected chi connectivity index (χ3v) is 5.81. The zero-order valence-corrected chi connectivity index (χ0v) is 14.2. The predicted molar refractivity (Wildman–Crippen MR) is 91.0 cm³/mol. The van der Waals surface area contributed by atoms with E-state index in [0.717, 1.165) is 10.1 Å². The topological polar surface area (TPSA) is 67.8 Å². The Bertz CT molecular complexity index is 775. The number of amides is 1. The zero-order chi connectivity index (χ0) is 15.4. The van der Waals surface area contributed by atoms with Gasteiger partial charge in [0, 0.05) is 21.8 Å². The lowest BCUT2D eigenvalue weighted by Crippen LogP contribution is -2.13. The molecule has 0 aromatic carbocycles. The fraction of sp³-hybridized carbons (Fsp3) is 0.0769. The molecule has 0 saturated heterocycles. The average Bonchev–Trinajstić information content (AvgIpc) is 3.16. The summed E-state index contributed by atoms with van der Waals surface area (Å²) in [6, 6.07) is 7.21. The number of pyridine rings is 1. The van der Waals surface area contributed by atoms with E-state index in [1.54, 1.807) is 29.2 Å². The molecule has 0 aliphatic heterocycles. The maximum Gasteiger partial charge on any atom is 0.276 e. The van der Waals surface area contributed by atoms with E-state index < -0.39 is 0 Å². The maximum atomic E-state index is 12.0. The molecule has 0 atom stereocenters. The van der Waals surface area contributed by atoms with Gasteiger partial charge < -0.3 is 0 Å². The van der Waals surface area contributed by atoms with Crippen LogP contribution in [0.3, 0.4) is 0 Å². The number of anilines is 1. The molecule has 0 unspecified atom stereocenters. The van der Waals surface area contributed by atoms with Crippen molar-refractivity contribution in [3.63, 3.8) is 0 Å². The van der Waals surface area contributed by atoms with Crippen LogP contribution in [0.5, 0.6) is 0 Å². The Labute approximate surface area is 143 Å². The number of thiophene rings is 1. The number of carbonyl (C=O) groups is 1. The predicted octanol–water partition coefficient (Wildman–Crippen LogP) is 4.19. The van der Waals surface area contributed by atoms with Crippen molar-refractivity contribution in [3.05, 3.63) is 51.4 Å². The van der Waals surface area contributed by atoms with Gasteiger partial charge in [-0.05, 0) is 23.6 Å². The summed E-state index contributed by atoms with van der Waals surface area (Å²) in [5.74, 6) is 0.490. The number of halogens is 1. The molecular formula is C13H9ClN4OS3. The molecule has 0 saturated carbocycles. The average molecular weight is 369 g/mol. The minimum atomic E-state index is -0.353. The van der Waals surface area contributed by atoms with Crippen molar-refractivity contribution in [2.45, 2.75) is 10.1 Å². The Morgan fingerprint density at radius 3 is 3.05 bits per heavy atom. The molecule has 112 valence electrons. The molecule has 0 fully saturated rings. The van der Waals surface area contributed by atoms with Crippen LogP contribution in [0.25, 0.3) is 0 Å². The first kappa shape index (κ1) is 15.4. The Morgan fingerprint density at radius 2 is 2.27 bits per heavy atom. The minimum Gasteiger partial charge on any atom is -0.295 e. The van der Waals surface area contributed by atoms with Gasteiger partial charge in [-0.25, -0.2) is 0 Å². The van der Waals surface area contributed by atoms with Crippen LogP contribution < -0.4 is 5.32 Å². The number of nitrogens with zero attached hydrogens (tertiary/aromatic N) is 3. The molecule has 9 heteroatoms. The molecule has 3 aromatic rings. The minimum absolute atomic E-state index is 0.246. The number of carbonyl (C=O) groups excluding carboxylic acids is 1. The monoisotopic (exact) mass is 368 g/mol. The van der Waals surface area contributed by atoms with Crippen LogP contribution in [0.15, 0.2) is 40.2 Å². The van der Waals surface area contributed by atoms with Crippen LogP contribution in [0, 0.1) is 0 Å². The molecule has 22 heavy (non-hydrogen) atoms. The Balaban J connectivity index is 1.60. The standard InChI is InChI=1S/C13H9ClN4OS3/c14-8-3-4-15-10(6-8)11(19)16-12-17-18-13(22-12)21-7-9-2-1-5-20-9/h1-6H,7H2,(H,16,17,19). The van der Waals surface area contributed by atoms with Crippen molar-refractivity contribution in [2.24, 2.45) is 0 Å². The molecule has 0 aliphatic rings. The van der Waals surface area contributed by atoms with E-state index in [9.17, 15) is 4.79 Å². The fourth-order valence-corrected chi connectivity index (χ4v) is 4.22. The van der Waals surface area contributed by atoms with E-state index in [-0.39, 0.29) is 11.6 Å². The Morgan fingerprint density at radius 1 is 1.36 bits per heavy atom. The van der Waals surface area contributed by atoms with Gasteiger partial charge in [0.2, 0.25) is 5.13 Å². The quantitative estimate of drug-likeness (QED) is 0.540. The van der Waals surface area contributed by atoms with Crippen molar-refractivity contribution >= 4 is 57.1 Å². The first-order valence-electron chi connectivity index (χ1n) is 6.12. The van der Waals surface area contributed by atoms with Crippen molar-refractivity contribution in [3.8, 4) is 0 Å². The first-order chi connectivity index (χ1) is 10.7. The summed E-state index contributed by atoms with van der Waals surface area (Å²) < 4.78 is 0.808. The molecule has 3 aromatic heterocycles. The third kappa shape index (κ3) is 4.04. The van der Waals surface area contributed by atoms with Crippen molar-refractivity contribution in [1.82, 2.24) is 15.2 Å². The van der Waals surface area contributed by atoms with Crippen LogP contribution in [0.4, 0.5) is 5.13 Å². The lowest BCUT2D eigenvalue weighted by Gasteiger charge is -2.00. The molecule has 0 bridgehead atoms. The summed E-state index contributed by atoms with van der Waals surface area (Å²) in [6.45, 7) is 0. The van der Waals surface area contributed by atoms with E-state index in [2.05, 4.69) is 26.6 Å². The van der Waals surface area contributed by atoms with E-state index in [1.165, 1.54) is 28.5 Å². The smallest absolute Gasteiger partial charge is 0.276 e. The highest BCUT2D eigenvalue weighted by Crippen LogP contribution is 2.29. The lowest BCUT2D eigenvalue weighted by atomic mass is 10.3. The van der Waals surface area contributed by atoms with Gasteiger partial charge in [0.05, 0.1) is 0 Å². The van der Waals surface area contributed by atoms with Gasteiger partial charge in [-0.2, -0.15) is 0 Å². The summed E-state index contributed by atoms with van der Waals surface area (Å²) in [7, 11) is 0. The highest BCUT2D eigenvalue weighted by molar-refractivity contribution is 8.00. The second-order valence-electron chi connectivity index (χ2n) is 4.05. The summed E-state index contributed by atoms with van der Waals surface area (Å²) in [4.78, 5) is 17.3. The van der Waals surface area contributed by atoms with Gasteiger partial charge in [-0.3, -0.25) is 15.1 Å². The number of rotatable bonds is 5. The second-order valence-corrected chi connectivity index (χ2v) is 7.72. The van der Waals surface area contributed by atoms with Crippen molar-refractivity contribution in [1.29, 1.82) is 0 Å². The molecule has 0 spiro atoms. The van der Waals surface area contributed by atoms with E-state index in [4.69, 9.17) is 11.6 Å². The Kier molecular flexibility index (Phi) is 5.04.